The lowest BCUT2D eigenvalue weighted by Gasteiger charge is -2.19. The highest BCUT2D eigenvalue weighted by atomic mass is 32.2. The van der Waals surface area contributed by atoms with Crippen molar-refractivity contribution in [2.75, 3.05) is 0 Å². The zero-order valence-corrected chi connectivity index (χ0v) is 23.1. The monoisotopic (exact) mass is 539 g/mol. The summed E-state index contributed by atoms with van der Waals surface area (Å²) < 4.78 is 0. The quantitative estimate of drug-likeness (QED) is 0.206. The van der Waals surface area contributed by atoms with E-state index in [1.165, 1.54) is 75.1 Å². The molecule has 0 aliphatic carbocycles. The van der Waals surface area contributed by atoms with Crippen LogP contribution in [0.25, 0.3) is 65.3 Å². The fourth-order valence-electron chi connectivity index (χ4n) is 6.12. The molecule has 0 bridgehead atoms. The second kappa shape index (κ2) is 9.92. The molecule has 8 aromatic rings. The molecule has 0 N–H and O–H groups in total. The van der Waals surface area contributed by atoms with Crippen LogP contribution in [0.2, 0.25) is 0 Å². The minimum absolute atomic E-state index is 1.17. The van der Waals surface area contributed by atoms with Gasteiger partial charge in [0.1, 0.15) is 0 Å². The van der Waals surface area contributed by atoms with Gasteiger partial charge in [-0.25, -0.2) is 0 Å². The van der Waals surface area contributed by atoms with E-state index in [9.17, 15) is 0 Å². The topological polar surface area (TPSA) is 12.9 Å². The second-order valence-corrected chi connectivity index (χ2v) is 11.3. The highest BCUT2D eigenvalue weighted by Crippen LogP contribution is 2.49. The lowest BCUT2D eigenvalue weighted by Crippen LogP contribution is -1.92. The first kappa shape index (κ1) is 23.9. The Morgan fingerprint density at radius 2 is 1.02 bits per heavy atom. The third-order valence-corrected chi connectivity index (χ3v) is 9.29. The molecule has 0 fully saturated rings. The highest BCUT2D eigenvalue weighted by molar-refractivity contribution is 8.00. The molecule has 1 nitrogen and oxygen atoms in total. The Bertz CT molecular complexity index is 2170. The average molecular weight is 540 g/mol. The van der Waals surface area contributed by atoms with Gasteiger partial charge in [-0.3, -0.25) is 4.98 Å². The summed E-state index contributed by atoms with van der Waals surface area (Å²) in [5.41, 5.74) is 4.96. The third-order valence-electron chi connectivity index (χ3n) is 8.00. The SMILES string of the molecule is c1ccc(-c2ccc3ccccc3c2Sc2c3ccccc3c(-c3cccc4ccccc34)c3cnccc23)cc1. The van der Waals surface area contributed by atoms with Gasteiger partial charge in [-0.15, -0.1) is 0 Å². The van der Waals surface area contributed by atoms with Crippen LogP contribution in [-0.2, 0) is 0 Å². The molecule has 0 atom stereocenters. The number of aromatic nitrogens is 1. The molecule has 0 radical (unpaired) electrons. The van der Waals surface area contributed by atoms with Gasteiger partial charge in [0, 0.05) is 27.6 Å². The molecular formula is C39H25NS. The lowest BCUT2D eigenvalue weighted by molar-refractivity contribution is 1.36. The Balaban J connectivity index is 1.46. The fraction of sp³-hybridized carbons (Fsp3) is 0. The van der Waals surface area contributed by atoms with Crippen LogP contribution in [0.3, 0.4) is 0 Å². The summed E-state index contributed by atoms with van der Waals surface area (Å²) in [6.45, 7) is 0. The summed E-state index contributed by atoms with van der Waals surface area (Å²) in [6, 6.07) is 50.3. The fourth-order valence-corrected chi connectivity index (χ4v) is 7.50. The number of pyridine rings is 1. The van der Waals surface area contributed by atoms with Crippen molar-refractivity contribution in [1.82, 2.24) is 4.98 Å². The van der Waals surface area contributed by atoms with Gasteiger partial charge in [-0.05, 0) is 66.0 Å². The highest BCUT2D eigenvalue weighted by Gasteiger charge is 2.20. The molecule has 1 heterocycles. The molecule has 0 saturated heterocycles. The molecular weight excluding hydrogens is 515 g/mol. The predicted octanol–water partition coefficient (Wildman–Crippen LogP) is 11.2. The van der Waals surface area contributed by atoms with Gasteiger partial charge in [0.2, 0.25) is 0 Å². The maximum atomic E-state index is 4.64. The molecule has 0 aliphatic rings. The van der Waals surface area contributed by atoms with Crippen LogP contribution in [0.15, 0.2) is 162 Å². The van der Waals surface area contributed by atoms with E-state index < -0.39 is 0 Å². The van der Waals surface area contributed by atoms with Gasteiger partial charge >= 0.3 is 0 Å². The molecule has 0 aliphatic heterocycles. The van der Waals surface area contributed by atoms with Crippen LogP contribution in [0, 0.1) is 0 Å². The van der Waals surface area contributed by atoms with E-state index in [1.54, 1.807) is 0 Å². The van der Waals surface area contributed by atoms with Crippen LogP contribution in [0.1, 0.15) is 0 Å². The van der Waals surface area contributed by atoms with Crippen molar-refractivity contribution >= 4 is 54.9 Å². The lowest BCUT2D eigenvalue weighted by atomic mass is 9.90. The maximum absolute atomic E-state index is 4.64. The van der Waals surface area contributed by atoms with Crippen molar-refractivity contribution in [3.63, 3.8) is 0 Å². The van der Waals surface area contributed by atoms with E-state index in [1.807, 2.05) is 24.2 Å². The summed E-state index contributed by atoms with van der Waals surface area (Å²) in [5, 5.41) is 9.91. The van der Waals surface area contributed by atoms with Crippen LogP contribution in [0.5, 0.6) is 0 Å². The van der Waals surface area contributed by atoms with Gasteiger partial charge in [-0.1, -0.05) is 145 Å². The largest absolute Gasteiger partial charge is 0.264 e. The van der Waals surface area contributed by atoms with Crippen molar-refractivity contribution in [3.8, 4) is 22.3 Å². The van der Waals surface area contributed by atoms with Crippen LogP contribution in [-0.4, -0.2) is 4.98 Å². The van der Waals surface area contributed by atoms with Crippen LogP contribution >= 0.6 is 11.8 Å². The number of fused-ring (bicyclic) bond motifs is 4. The summed E-state index contributed by atoms with van der Waals surface area (Å²) in [5.74, 6) is 0. The van der Waals surface area contributed by atoms with Gasteiger partial charge < -0.3 is 0 Å². The molecule has 2 heteroatoms. The van der Waals surface area contributed by atoms with Crippen molar-refractivity contribution in [2.45, 2.75) is 9.79 Å². The molecule has 0 unspecified atom stereocenters. The summed E-state index contributed by atoms with van der Waals surface area (Å²) in [7, 11) is 0. The first-order chi connectivity index (χ1) is 20.4. The number of hydrogen-bond acceptors (Lipinski definition) is 2. The van der Waals surface area contributed by atoms with Gasteiger partial charge in [0.15, 0.2) is 0 Å². The molecule has 41 heavy (non-hydrogen) atoms. The van der Waals surface area contributed by atoms with Gasteiger partial charge in [0.25, 0.3) is 0 Å². The Morgan fingerprint density at radius 3 is 1.85 bits per heavy atom. The molecule has 0 spiro atoms. The third kappa shape index (κ3) is 3.99. The number of benzene rings is 7. The first-order valence-corrected chi connectivity index (χ1v) is 14.7. The molecule has 1 aromatic heterocycles. The Hall–Kier alpha value is -4.92. The summed E-state index contributed by atoms with van der Waals surface area (Å²) in [6.07, 6.45) is 3.97. The molecule has 0 amide bonds. The maximum Gasteiger partial charge on any atom is 0.0353 e. The Labute approximate surface area is 243 Å². The normalized spacial score (nSPS) is 11.5. The van der Waals surface area contributed by atoms with Crippen LogP contribution < -0.4 is 0 Å². The zero-order valence-electron chi connectivity index (χ0n) is 22.3. The minimum Gasteiger partial charge on any atom is -0.264 e. The predicted molar refractivity (Wildman–Crippen MR) is 176 cm³/mol. The van der Waals surface area contributed by atoms with E-state index in [0.717, 1.165) is 0 Å². The molecule has 7 aromatic carbocycles. The summed E-state index contributed by atoms with van der Waals surface area (Å²) >= 11 is 1.88. The summed E-state index contributed by atoms with van der Waals surface area (Å²) in [4.78, 5) is 7.17. The van der Waals surface area contributed by atoms with E-state index in [2.05, 4.69) is 145 Å². The van der Waals surface area contributed by atoms with E-state index in [4.69, 9.17) is 0 Å². The second-order valence-electron chi connectivity index (χ2n) is 10.3. The Kier molecular flexibility index (Phi) is 5.79. The van der Waals surface area contributed by atoms with Gasteiger partial charge in [-0.2, -0.15) is 0 Å². The smallest absolute Gasteiger partial charge is 0.0353 e. The van der Waals surface area contributed by atoms with Gasteiger partial charge in [0.05, 0.1) is 0 Å². The number of nitrogens with zero attached hydrogens (tertiary/aromatic N) is 1. The van der Waals surface area contributed by atoms with Crippen molar-refractivity contribution in [1.29, 1.82) is 0 Å². The first-order valence-electron chi connectivity index (χ1n) is 13.9. The van der Waals surface area contributed by atoms with Crippen molar-refractivity contribution in [2.24, 2.45) is 0 Å². The molecule has 192 valence electrons. The minimum atomic E-state index is 1.17. The van der Waals surface area contributed by atoms with Crippen molar-refractivity contribution < 1.29 is 0 Å². The number of rotatable bonds is 4. The number of hydrogen-bond donors (Lipinski definition) is 0. The van der Waals surface area contributed by atoms with E-state index >= 15 is 0 Å². The van der Waals surface area contributed by atoms with E-state index in [-0.39, 0.29) is 0 Å². The Morgan fingerprint density at radius 1 is 0.390 bits per heavy atom. The zero-order chi connectivity index (χ0) is 27.2. The standard InChI is InChI=1S/C39H25NS/c1-2-11-27(12-3-1)31-22-21-28-14-5-7-17-30(28)38(31)41-39-34-19-9-8-18-33(34)37(36-25-40-24-23-35(36)39)32-20-10-15-26-13-4-6-16-29(26)32/h1-25H. The molecule has 8 rings (SSSR count). The average Bonchev–Trinajstić information content (AvgIpc) is 3.05. The molecule has 0 saturated carbocycles. The van der Waals surface area contributed by atoms with Crippen molar-refractivity contribution in [3.05, 3.63) is 152 Å². The van der Waals surface area contributed by atoms with Crippen LogP contribution in [0.4, 0.5) is 0 Å². The van der Waals surface area contributed by atoms with E-state index in [0.29, 0.717) is 0 Å².